The van der Waals surface area contributed by atoms with Gasteiger partial charge in [0.05, 0.1) is 6.54 Å². The third-order valence-electron chi connectivity index (χ3n) is 5.28. The molecular weight excluding hydrogens is 346 g/mol. The number of nitrogens with zero attached hydrogens (tertiary/aromatic N) is 1. The Morgan fingerprint density at radius 2 is 1.79 bits per heavy atom. The quantitative estimate of drug-likeness (QED) is 0.369. The molecular formula is C24H25N3O. The van der Waals surface area contributed by atoms with Crippen LogP contribution < -0.4 is 5.32 Å². The van der Waals surface area contributed by atoms with Crippen molar-refractivity contribution < 1.29 is 4.79 Å². The monoisotopic (exact) mass is 371 g/mol. The first-order valence-corrected chi connectivity index (χ1v) is 9.68. The lowest BCUT2D eigenvalue weighted by Crippen LogP contribution is -2.25. The number of rotatable bonds is 7. The highest BCUT2D eigenvalue weighted by Crippen LogP contribution is 2.21. The Kier molecular flexibility index (Phi) is 5.13. The first kappa shape index (κ1) is 18.3. The average molecular weight is 371 g/mol. The Balaban J connectivity index is 1.39. The number of ketones is 1. The second kappa shape index (κ2) is 7.87. The third kappa shape index (κ3) is 3.51. The van der Waals surface area contributed by atoms with Crippen LogP contribution in [0.5, 0.6) is 0 Å². The second-order valence-electron chi connectivity index (χ2n) is 7.17. The van der Waals surface area contributed by atoms with Crippen LogP contribution in [0.15, 0.2) is 66.9 Å². The standard InChI is InChI=1S/C24H25N3O/c1-17-14-22(18(2)27(17)20-8-4-3-5-9-20)24(28)16-25-13-12-19-15-26-23-11-7-6-10-21(19)23/h3-11,14-15,25-26H,12-13,16H2,1-2H3. The summed E-state index contributed by atoms with van der Waals surface area (Å²) in [4.78, 5) is 16.1. The molecule has 0 saturated carbocycles. The Labute approximate surface area is 165 Å². The molecule has 142 valence electrons. The van der Waals surface area contributed by atoms with Gasteiger partial charge in [-0.3, -0.25) is 4.79 Å². The van der Waals surface area contributed by atoms with Gasteiger partial charge in [0.2, 0.25) is 0 Å². The van der Waals surface area contributed by atoms with Crippen LogP contribution in [0.25, 0.3) is 16.6 Å². The first-order chi connectivity index (χ1) is 13.6. The van der Waals surface area contributed by atoms with Crippen LogP contribution in [0, 0.1) is 13.8 Å². The number of aryl methyl sites for hydroxylation is 1. The minimum absolute atomic E-state index is 0.134. The van der Waals surface area contributed by atoms with E-state index in [-0.39, 0.29) is 5.78 Å². The van der Waals surface area contributed by atoms with Crippen LogP contribution in [0.3, 0.4) is 0 Å². The third-order valence-corrected chi connectivity index (χ3v) is 5.28. The summed E-state index contributed by atoms with van der Waals surface area (Å²) in [5.74, 6) is 0.134. The number of para-hydroxylation sites is 2. The van der Waals surface area contributed by atoms with Crippen molar-refractivity contribution >= 4 is 16.7 Å². The van der Waals surface area contributed by atoms with Crippen LogP contribution >= 0.6 is 0 Å². The summed E-state index contributed by atoms with van der Waals surface area (Å²) in [6, 6.07) is 20.5. The van der Waals surface area contributed by atoms with E-state index in [0.717, 1.165) is 41.1 Å². The van der Waals surface area contributed by atoms with E-state index in [1.54, 1.807) is 0 Å². The van der Waals surface area contributed by atoms with Gasteiger partial charge in [0.1, 0.15) is 0 Å². The maximum atomic E-state index is 12.8. The molecule has 0 saturated heterocycles. The van der Waals surface area contributed by atoms with Crippen molar-refractivity contribution in [3.8, 4) is 5.69 Å². The van der Waals surface area contributed by atoms with Gasteiger partial charge in [-0.05, 0) is 56.6 Å². The van der Waals surface area contributed by atoms with Crippen LogP contribution in [0.2, 0.25) is 0 Å². The van der Waals surface area contributed by atoms with E-state index >= 15 is 0 Å². The second-order valence-corrected chi connectivity index (χ2v) is 7.17. The van der Waals surface area contributed by atoms with Crippen molar-refractivity contribution in [1.82, 2.24) is 14.9 Å². The maximum absolute atomic E-state index is 12.8. The predicted molar refractivity (Wildman–Crippen MR) is 114 cm³/mol. The van der Waals surface area contributed by atoms with Gasteiger partial charge in [0, 0.05) is 39.7 Å². The lowest BCUT2D eigenvalue weighted by atomic mass is 10.1. The molecule has 0 aliphatic heterocycles. The predicted octanol–water partition coefficient (Wildman–Crippen LogP) is 4.59. The SMILES string of the molecule is Cc1cc(C(=O)CNCCc2c[nH]c3ccccc23)c(C)n1-c1ccccc1. The van der Waals surface area contributed by atoms with Gasteiger partial charge >= 0.3 is 0 Å². The first-order valence-electron chi connectivity index (χ1n) is 9.68. The van der Waals surface area contributed by atoms with Gasteiger partial charge < -0.3 is 14.9 Å². The molecule has 4 heteroatoms. The maximum Gasteiger partial charge on any atom is 0.178 e. The Bertz CT molecular complexity index is 1110. The van der Waals surface area contributed by atoms with Gasteiger partial charge in [0.25, 0.3) is 0 Å². The molecule has 2 heterocycles. The number of fused-ring (bicyclic) bond motifs is 1. The zero-order chi connectivity index (χ0) is 19.5. The number of carbonyl (C=O) groups is 1. The van der Waals surface area contributed by atoms with Crippen LogP contribution in [0.1, 0.15) is 27.3 Å². The largest absolute Gasteiger partial charge is 0.361 e. The fourth-order valence-corrected chi connectivity index (χ4v) is 3.88. The number of hydrogen-bond donors (Lipinski definition) is 2. The molecule has 2 aromatic heterocycles. The minimum atomic E-state index is 0.134. The van der Waals surface area contributed by atoms with E-state index in [0.29, 0.717) is 6.54 Å². The van der Waals surface area contributed by atoms with Crippen LogP contribution in [-0.4, -0.2) is 28.4 Å². The van der Waals surface area contributed by atoms with Crippen molar-refractivity contribution in [2.24, 2.45) is 0 Å². The summed E-state index contributed by atoms with van der Waals surface area (Å²) in [6.07, 6.45) is 2.95. The molecule has 4 rings (SSSR count). The van der Waals surface area contributed by atoms with Crippen molar-refractivity contribution in [2.75, 3.05) is 13.1 Å². The lowest BCUT2D eigenvalue weighted by Gasteiger charge is -2.09. The number of nitrogens with one attached hydrogen (secondary N) is 2. The van der Waals surface area contributed by atoms with Gasteiger partial charge in [-0.15, -0.1) is 0 Å². The van der Waals surface area contributed by atoms with Crippen molar-refractivity contribution in [2.45, 2.75) is 20.3 Å². The fourth-order valence-electron chi connectivity index (χ4n) is 3.88. The summed E-state index contributed by atoms with van der Waals surface area (Å²) < 4.78 is 2.14. The van der Waals surface area contributed by atoms with Crippen LogP contribution in [-0.2, 0) is 6.42 Å². The van der Waals surface area contributed by atoms with Gasteiger partial charge in [-0.1, -0.05) is 36.4 Å². The van der Waals surface area contributed by atoms with Gasteiger partial charge in [0.15, 0.2) is 5.78 Å². The molecule has 0 radical (unpaired) electrons. The highest BCUT2D eigenvalue weighted by molar-refractivity contribution is 5.99. The van der Waals surface area contributed by atoms with Crippen LogP contribution in [0.4, 0.5) is 0 Å². The molecule has 2 aromatic carbocycles. The number of aromatic amines is 1. The van der Waals surface area contributed by atoms with Crippen molar-refractivity contribution in [3.05, 3.63) is 89.4 Å². The smallest absolute Gasteiger partial charge is 0.178 e. The van der Waals surface area contributed by atoms with Gasteiger partial charge in [-0.25, -0.2) is 0 Å². The molecule has 0 bridgehead atoms. The average Bonchev–Trinajstić information content (AvgIpc) is 3.26. The normalized spacial score (nSPS) is 11.2. The summed E-state index contributed by atoms with van der Waals surface area (Å²) in [7, 11) is 0. The fraction of sp³-hybridized carbons (Fsp3) is 0.208. The zero-order valence-corrected chi connectivity index (χ0v) is 16.3. The number of Topliss-reactive ketones (excluding diaryl/α,β-unsaturated/α-hetero) is 1. The van der Waals surface area contributed by atoms with E-state index < -0.39 is 0 Å². The van der Waals surface area contributed by atoms with E-state index in [4.69, 9.17) is 0 Å². The lowest BCUT2D eigenvalue weighted by molar-refractivity contribution is 0.0991. The molecule has 4 nitrogen and oxygen atoms in total. The molecule has 0 aliphatic carbocycles. The highest BCUT2D eigenvalue weighted by atomic mass is 16.1. The Hall–Kier alpha value is -3.11. The molecule has 4 aromatic rings. The molecule has 0 fully saturated rings. The Morgan fingerprint density at radius 3 is 2.61 bits per heavy atom. The van der Waals surface area contributed by atoms with E-state index in [1.807, 2.05) is 44.2 Å². The number of carbonyl (C=O) groups excluding carboxylic acids is 1. The molecule has 2 N–H and O–H groups in total. The molecule has 0 spiro atoms. The summed E-state index contributed by atoms with van der Waals surface area (Å²) in [5.41, 5.74) is 6.38. The highest BCUT2D eigenvalue weighted by Gasteiger charge is 2.16. The molecule has 0 aliphatic rings. The Morgan fingerprint density at radius 1 is 1.04 bits per heavy atom. The van der Waals surface area contributed by atoms with Crippen molar-refractivity contribution in [3.63, 3.8) is 0 Å². The molecule has 0 atom stereocenters. The minimum Gasteiger partial charge on any atom is -0.361 e. The summed E-state index contributed by atoms with van der Waals surface area (Å²) >= 11 is 0. The molecule has 0 unspecified atom stereocenters. The topological polar surface area (TPSA) is 49.8 Å². The molecule has 0 amide bonds. The zero-order valence-electron chi connectivity index (χ0n) is 16.3. The van der Waals surface area contributed by atoms with E-state index in [1.165, 1.54) is 10.9 Å². The summed E-state index contributed by atoms with van der Waals surface area (Å²) in [6.45, 7) is 5.17. The van der Waals surface area contributed by atoms with Gasteiger partial charge in [-0.2, -0.15) is 0 Å². The number of hydrogen-bond acceptors (Lipinski definition) is 2. The molecule has 28 heavy (non-hydrogen) atoms. The number of benzene rings is 2. The number of aromatic nitrogens is 2. The van der Waals surface area contributed by atoms with E-state index in [9.17, 15) is 4.79 Å². The van der Waals surface area contributed by atoms with Crippen molar-refractivity contribution in [1.29, 1.82) is 0 Å². The van der Waals surface area contributed by atoms with E-state index in [2.05, 4.69) is 51.4 Å². The number of H-pyrrole nitrogens is 1. The summed E-state index contributed by atoms with van der Waals surface area (Å²) in [5, 5.41) is 4.56.